The quantitative estimate of drug-likeness (QED) is 0.377. The number of aliphatic carboxylic acids is 1. The van der Waals surface area contributed by atoms with Gasteiger partial charge in [0.1, 0.15) is 5.78 Å². The summed E-state index contributed by atoms with van der Waals surface area (Å²) in [5.74, 6) is -0.736. The van der Waals surface area contributed by atoms with Crippen molar-refractivity contribution in [3.05, 3.63) is 0 Å². The monoisotopic (exact) mass is 309 g/mol. The fourth-order valence-corrected chi connectivity index (χ4v) is 2.30. The van der Waals surface area contributed by atoms with Crippen LogP contribution in [0, 0.1) is 0 Å². The van der Waals surface area contributed by atoms with Crippen LogP contribution in [0.25, 0.3) is 0 Å². The van der Waals surface area contributed by atoms with Gasteiger partial charge in [-0.1, -0.05) is 58.3 Å². The fraction of sp³-hybridized carbons (Fsp3) is 0.875. The van der Waals surface area contributed by atoms with E-state index in [1.165, 1.54) is 44.9 Å². The SMILES string of the molecule is CCCCCCCCCCCC(=O)CN(C)CC(=O)O.[H-].[Na+]. The van der Waals surface area contributed by atoms with Crippen LogP contribution in [0.15, 0.2) is 0 Å². The van der Waals surface area contributed by atoms with Gasteiger partial charge in [0.05, 0.1) is 13.1 Å². The summed E-state index contributed by atoms with van der Waals surface area (Å²) in [4.78, 5) is 23.6. The number of hydrogen-bond acceptors (Lipinski definition) is 3. The molecule has 0 unspecified atom stereocenters. The molecule has 4 nitrogen and oxygen atoms in total. The number of hydrogen-bond donors (Lipinski definition) is 1. The summed E-state index contributed by atoms with van der Waals surface area (Å²) >= 11 is 0. The van der Waals surface area contributed by atoms with Crippen LogP contribution in [0.4, 0.5) is 0 Å². The minimum atomic E-state index is -0.886. The number of ketones is 1. The van der Waals surface area contributed by atoms with Crippen LogP contribution in [0.5, 0.6) is 0 Å². The van der Waals surface area contributed by atoms with E-state index < -0.39 is 5.97 Å². The first kappa shape index (κ1) is 23.4. The van der Waals surface area contributed by atoms with Gasteiger partial charge >= 0.3 is 35.5 Å². The largest absolute Gasteiger partial charge is 1.00 e. The van der Waals surface area contributed by atoms with E-state index in [4.69, 9.17) is 5.11 Å². The third kappa shape index (κ3) is 18.1. The number of carbonyl (C=O) groups excluding carboxylic acids is 1. The topological polar surface area (TPSA) is 57.6 Å². The van der Waals surface area contributed by atoms with Gasteiger partial charge in [-0.25, -0.2) is 0 Å². The van der Waals surface area contributed by atoms with Crippen molar-refractivity contribution in [3.8, 4) is 0 Å². The second-order valence-electron chi connectivity index (χ2n) is 5.68. The van der Waals surface area contributed by atoms with E-state index in [2.05, 4.69) is 6.92 Å². The Hall–Kier alpha value is 0.100. The van der Waals surface area contributed by atoms with Crippen molar-refractivity contribution in [1.29, 1.82) is 0 Å². The maximum atomic E-state index is 11.6. The molecule has 0 aliphatic heterocycles. The van der Waals surface area contributed by atoms with Crippen molar-refractivity contribution in [2.75, 3.05) is 20.1 Å². The third-order valence-corrected chi connectivity index (χ3v) is 3.41. The molecule has 5 heteroatoms. The molecule has 0 saturated heterocycles. The second kappa shape index (κ2) is 16.5. The van der Waals surface area contributed by atoms with Gasteiger partial charge in [-0.15, -0.1) is 0 Å². The van der Waals surface area contributed by atoms with Gasteiger partial charge in [0.2, 0.25) is 0 Å². The summed E-state index contributed by atoms with van der Waals surface area (Å²) in [5, 5.41) is 8.59. The molecule has 0 aromatic carbocycles. The van der Waals surface area contributed by atoms with Gasteiger partial charge < -0.3 is 6.53 Å². The summed E-state index contributed by atoms with van der Waals surface area (Å²) in [6, 6.07) is 0. The third-order valence-electron chi connectivity index (χ3n) is 3.41. The molecule has 0 amide bonds. The average Bonchev–Trinajstić information content (AvgIpc) is 2.35. The fourth-order valence-electron chi connectivity index (χ4n) is 2.30. The molecule has 0 radical (unpaired) electrons. The summed E-state index contributed by atoms with van der Waals surface area (Å²) in [7, 11) is 1.67. The van der Waals surface area contributed by atoms with E-state index in [9.17, 15) is 9.59 Å². The van der Waals surface area contributed by atoms with Crippen LogP contribution in [0.2, 0.25) is 0 Å². The van der Waals surface area contributed by atoms with Crippen LogP contribution < -0.4 is 29.6 Å². The van der Waals surface area contributed by atoms with Crippen LogP contribution in [0.3, 0.4) is 0 Å². The second-order valence-corrected chi connectivity index (χ2v) is 5.68. The number of nitrogens with zero attached hydrogens (tertiary/aromatic N) is 1. The Labute approximate surface area is 153 Å². The normalized spacial score (nSPS) is 10.4. The molecule has 120 valence electrons. The van der Waals surface area contributed by atoms with E-state index in [0.717, 1.165) is 12.8 Å². The van der Waals surface area contributed by atoms with Crippen molar-refractivity contribution >= 4 is 11.8 Å². The van der Waals surface area contributed by atoms with Crippen LogP contribution in [0.1, 0.15) is 72.6 Å². The molecule has 0 saturated carbocycles. The van der Waals surface area contributed by atoms with Crippen molar-refractivity contribution < 1.29 is 45.7 Å². The molecule has 0 bridgehead atoms. The van der Waals surface area contributed by atoms with Gasteiger partial charge in [0, 0.05) is 6.42 Å². The molecule has 0 rings (SSSR count). The Morgan fingerprint density at radius 2 is 1.38 bits per heavy atom. The molecule has 0 heterocycles. The minimum absolute atomic E-state index is 0. The van der Waals surface area contributed by atoms with Gasteiger partial charge in [-0.3, -0.25) is 14.5 Å². The maximum Gasteiger partial charge on any atom is 1.00 e. The smallest absolute Gasteiger partial charge is 1.00 e. The Morgan fingerprint density at radius 3 is 1.86 bits per heavy atom. The first-order valence-electron chi connectivity index (χ1n) is 7.98. The van der Waals surface area contributed by atoms with Crippen LogP contribution in [-0.2, 0) is 9.59 Å². The van der Waals surface area contributed by atoms with Crippen LogP contribution >= 0.6 is 0 Å². The number of Topliss-reactive ketones (excluding diaryl/α,β-unsaturated/α-hetero) is 1. The van der Waals surface area contributed by atoms with E-state index in [1.54, 1.807) is 11.9 Å². The zero-order valence-corrected chi connectivity index (χ0v) is 16.2. The Balaban J connectivity index is -0.00000180. The van der Waals surface area contributed by atoms with Gasteiger partial charge in [0.15, 0.2) is 0 Å². The Bertz CT molecular complexity index is 278. The predicted molar refractivity (Wildman–Crippen MR) is 83.1 cm³/mol. The zero-order chi connectivity index (χ0) is 15.2. The van der Waals surface area contributed by atoms with Crippen molar-refractivity contribution in [2.45, 2.75) is 71.1 Å². The van der Waals surface area contributed by atoms with Crippen molar-refractivity contribution in [1.82, 2.24) is 4.90 Å². The van der Waals surface area contributed by atoms with Gasteiger partial charge in [0.25, 0.3) is 0 Å². The summed E-state index contributed by atoms with van der Waals surface area (Å²) < 4.78 is 0. The molecule has 0 aromatic heterocycles. The van der Waals surface area contributed by atoms with Crippen molar-refractivity contribution in [3.63, 3.8) is 0 Å². The summed E-state index contributed by atoms with van der Waals surface area (Å²) in [6.07, 6.45) is 11.8. The standard InChI is InChI=1S/C16H31NO3.Na.H/c1-3-4-5-6-7-8-9-10-11-12-15(18)13-17(2)14-16(19)20;;/h3-14H2,1-2H3,(H,19,20);;/q;+1;-1. The molecule has 1 N–H and O–H groups in total. The number of likely N-dealkylation sites (N-methyl/N-ethyl adjacent to an activating group) is 1. The molecule has 0 atom stereocenters. The van der Waals surface area contributed by atoms with Gasteiger partial charge in [-0.05, 0) is 13.5 Å². The maximum absolute atomic E-state index is 11.6. The molecule has 0 spiro atoms. The molecule has 21 heavy (non-hydrogen) atoms. The minimum Gasteiger partial charge on any atom is -1.00 e. The zero-order valence-electron chi connectivity index (χ0n) is 15.2. The number of rotatable bonds is 14. The molecule has 0 aliphatic carbocycles. The van der Waals surface area contributed by atoms with Crippen molar-refractivity contribution in [2.24, 2.45) is 0 Å². The first-order chi connectivity index (χ1) is 9.56. The van der Waals surface area contributed by atoms with E-state index >= 15 is 0 Å². The molecule has 0 aliphatic rings. The summed E-state index contributed by atoms with van der Waals surface area (Å²) in [6.45, 7) is 2.41. The molecule has 0 fully saturated rings. The first-order valence-corrected chi connectivity index (χ1v) is 7.98. The number of unbranched alkanes of at least 4 members (excludes halogenated alkanes) is 8. The molecular weight excluding hydrogens is 277 g/mol. The number of carboxylic acid groups (broad SMARTS) is 1. The number of carbonyl (C=O) groups is 2. The Kier molecular flexibility index (Phi) is 18.3. The molecule has 0 aromatic rings. The molecular formula is C16H32NNaO3. The van der Waals surface area contributed by atoms with Crippen LogP contribution in [-0.4, -0.2) is 41.9 Å². The van der Waals surface area contributed by atoms with E-state index in [-0.39, 0.29) is 49.9 Å². The van der Waals surface area contributed by atoms with Gasteiger partial charge in [-0.2, -0.15) is 0 Å². The summed E-state index contributed by atoms with van der Waals surface area (Å²) in [5.41, 5.74) is 0. The van der Waals surface area contributed by atoms with E-state index in [1.807, 2.05) is 0 Å². The Morgan fingerprint density at radius 1 is 0.905 bits per heavy atom. The number of carboxylic acids is 1. The van der Waals surface area contributed by atoms with E-state index in [0.29, 0.717) is 6.42 Å². The predicted octanol–water partition coefficient (Wildman–Crippen LogP) is 0.609. The average molecular weight is 309 g/mol.